The lowest BCUT2D eigenvalue weighted by atomic mass is 10.2. The molecule has 2 aromatic rings. The van der Waals surface area contributed by atoms with Gasteiger partial charge in [0.25, 0.3) is 0 Å². The van der Waals surface area contributed by atoms with E-state index in [1.807, 2.05) is 0 Å². The maximum absolute atomic E-state index is 12.7. The Morgan fingerprint density at radius 3 is 2.12 bits per heavy atom. The van der Waals surface area contributed by atoms with Crippen LogP contribution >= 0.6 is 11.6 Å². The highest BCUT2D eigenvalue weighted by Gasteiger charge is 2.43. The molecule has 0 fully saturated rings. The lowest BCUT2D eigenvalue weighted by Crippen LogP contribution is -2.44. The molecule has 0 radical (unpaired) electrons. The molecule has 140 valence electrons. The largest absolute Gasteiger partial charge is 0.417 e. The van der Waals surface area contributed by atoms with Gasteiger partial charge in [-0.3, -0.25) is 4.79 Å². The zero-order valence-corrected chi connectivity index (χ0v) is 15.2. The number of nitrogens with zero attached hydrogens (tertiary/aromatic N) is 1. The van der Waals surface area contributed by atoms with Crippen LogP contribution in [0.3, 0.4) is 0 Å². The number of hydrogen-bond donors (Lipinski definition) is 1. The van der Waals surface area contributed by atoms with Gasteiger partial charge < -0.3 is 5.32 Å². The molecule has 0 aliphatic carbocycles. The lowest BCUT2D eigenvalue weighted by molar-refractivity contribution is -0.137. The Kier molecular flexibility index (Phi) is 5.34. The van der Waals surface area contributed by atoms with E-state index >= 15 is 0 Å². The quantitative estimate of drug-likeness (QED) is 0.834. The summed E-state index contributed by atoms with van der Waals surface area (Å²) in [4.78, 5) is 15.8. The van der Waals surface area contributed by atoms with Crippen molar-refractivity contribution in [2.45, 2.75) is 29.7 Å². The van der Waals surface area contributed by atoms with Crippen LogP contribution in [0.1, 0.15) is 19.4 Å². The molecule has 0 bridgehead atoms. The van der Waals surface area contributed by atoms with Gasteiger partial charge in [0.15, 0.2) is 9.84 Å². The van der Waals surface area contributed by atoms with Crippen LogP contribution in [-0.4, -0.2) is 24.1 Å². The van der Waals surface area contributed by atoms with Crippen molar-refractivity contribution in [1.29, 1.82) is 0 Å². The van der Waals surface area contributed by atoms with Gasteiger partial charge in [0.1, 0.15) is 10.6 Å². The van der Waals surface area contributed by atoms with Crippen LogP contribution in [0, 0.1) is 0 Å². The highest BCUT2D eigenvalue weighted by molar-refractivity contribution is 7.93. The summed E-state index contributed by atoms with van der Waals surface area (Å²) in [6.07, 6.45) is -4.01. The number of nitrogens with one attached hydrogen (secondary N) is 1. The molecular weight excluding hydrogens is 393 g/mol. The molecule has 0 atom stereocenters. The summed E-state index contributed by atoms with van der Waals surface area (Å²) in [5.41, 5.74) is -0.983. The lowest BCUT2D eigenvalue weighted by Gasteiger charge is -2.23. The predicted molar refractivity (Wildman–Crippen MR) is 90.6 cm³/mol. The number of alkyl halides is 3. The third-order valence-corrected chi connectivity index (χ3v) is 6.35. The van der Waals surface area contributed by atoms with E-state index < -0.39 is 32.2 Å². The number of rotatable bonds is 4. The Hall–Kier alpha value is -2.13. The number of carbonyl (C=O) groups is 1. The van der Waals surface area contributed by atoms with Crippen molar-refractivity contribution in [2.24, 2.45) is 0 Å². The molecule has 1 N–H and O–H groups in total. The highest BCUT2D eigenvalue weighted by Crippen LogP contribution is 2.30. The number of hydrogen-bond acceptors (Lipinski definition) is 4. The van der Waals surface area contributed by atoms with Gasteiger partial charge in [-0.1, -0.05) is 11.6 Å². The standard InChI is InChI=1S/C16H14ClF3N2O3S/c1-15(2,26(24,25)12-6-4-11(17)5-7-12)14(23)22-13-8-3-10(9-21-13)16(18,19)20/h3-9H,1-2H3,(H,21,22,23). The fourth-order valence-corrected chi connectivity index (χ4v) is 3.44. The van der Waals surface area contributed by atoms with Gasteiger partial charge in [-0.15, -0.1) is 0 Å². The van der Waals surface area contributed by atoms with E-state index in [0.717, 1.165) is 12.1 Å². The molecule has 0 aliphatic rings. The summed E-state index contributed by atoms with van der Waals surface area (Å²) in [6, 6.07) is 6.97. The molecule has 1 heterocycles. The average molecular weight is 407 g/mol. The Balaban J connectivity index is 2.25. The van der Waals surface area contributed by atoms with E-state index in [0.29, 0.717) is 11.2 Å². The van der Waals surface area contributed by atoms with Crippen LogP contribution in [0.25, 0.3) is 0 Å². The van der Waals surface area contributed by atoms with Gasteiger partial charge in [0.2, 0.25) is 5.91 Å². The zero-order valence-electron chi connectivity index (χ0n) is 13.6. The first-order chi connectivity index (χ1) is 11.9. The molecule has 2 rings (SSSR count). The number of benzene rings is 1. The van der Waals surface area contributed by atoms with Crippen LogP contribution in [0.4, 0.5) is 19.0 Å². The van der Waals surface area contributed by atoms with Gasteiger partial charge in [0.05, 0.1) is 10.5 Å². The Bertz CT molecular complexity index is 909. The monoisotopic (exact) mass is 406 g/mol. The van der Waals surface area contributed by atoms with Crippen molar-refractivity contribution in [3.8, 4) is 0 Å². The van der Waals surface area contributed by atoms with E-state index in [4.69, 9.17) is 11.6 Å². The Morgan fingerprint density at radius 1 is 1.08 bits per heavy atom. The van der Waals surface area contributed by atoms with Gasteiger partial charge in [-0.05, 0) is 50.2 Å². The molecule has 0 saturated carbocycles. The molecule has 0 spiro atoms. The molecule has 0 saturated heterocycles. The molecule has 26 heavy (non-hydrogen) atoms. The smallest absolute Gasteiger partial charge is 0.309 e. The van der Waals surface area contributed by atoms with Crippen molar-refractivity contribution in [3.05, 3.63) is 53.2 Å². The predicted octanol–water partition coefficient (Wildman–Crippen LogP) is 3.94. The van der Waals surface area contributed by atoms with E-state index in [-0.39, 0.29) is 10.7 Å². The SMILES string of the molecule is CC(C)(C(=O)Nc1ccc(C(F)(F)F)cn1)S(=O)(=O)c1ccc(Cl)cc1. The van der Waals surface area contributed by atoms with Gasteiger partial charge in [-0.25, -0.2) is 13.4 Å². The highest BCUT2D eigenvalue weighted by atomic mass is 35.5. The fraction of sp³-hybridized carbons (Fsp3) is 0.250. The van der Waals surface area contributed by atoms with Crippen LogP contribution < -0.4 is 5.32 Å². The maximum atomic E-state index is 12.7. The van der Waals surface area contributed by atoms with Crippen molar-refractivity contribution in [1.82, 2.24) is 4.98 Å². The zero-order chi connectivity index (χ0) is 19.8. The van der Waals surface area contributed by atoms with Crippen molar-refractivity contribution >= 4 is 33.2 Å². The first-order valence-corrected chi connectivity index (χ1v) is 9.07. The topological polar surface area (TPSA) is 76.1 Å². The summed E-state index contributed by atoms with van der Waals surface area (Å²) >= 11 is 5.73. The number of aromatic nitrogens is 1. The Morgan fingerprint density at radius 2 is 1.65 bits per heavy atom. The minimum Gasteiger partial charge on any atom is -0.309 e. The third-order valence-electron chi connectivity index (χ3n) is 3.67. The number of halogens is 4. The van der Waals surface area contributed by atoms with Gasteiger partial charge in [0, 0.05) is 11.2 Å². The molecular formula is C16H14ClF3N2O3S. The average Bonchev–Trinajstić information content (AvgIpc) is 2.54. The van der Waals surface area contributed by atoms with Crippen molar-refractivity contribution in [2.75, 3.05) is 5.32 Å². The summed E-state index contributed by atoms with van der Waals surface area (Å²) in [6.45, 7) is 2.38. The van der Waals surface area contributed by atoms with Crippen molar-refractivity contribution in [3.63, 3.8) is 0 Å². The van der Waals surface area contributed by atoms with E-state index in [1.165, 1.54) is 38.1 Å². The summed E-state index contributed by atoms with van der Waals surface area (Å²) in [5, 5.41) is 2.56. The van der Waals surface area contributed by atoms with Crippen LogP contribution in [0.5, 0.6) is 0 Å². The number of amides is 1. The maximum Gasteiger partial charge on any atom is 0.417 e. The minimum absolute atomic E-state index is 0.109. The number of pyridine rings is 1. The normalized spacial score (nSPS) is 12.7. The van der Waals surface area contributed by atoms with Crippen LogP contribution in [0.2, 0.25) is 5.02 Å². The van der Waals surface area contributed by atoms with Crippen LogP contribution in [-0.2, 0) is 20.8 Å². The number of sulfone groups is 1. The minimum atomic E-state index is -4.56. The summed E-state index contributed by atoms with van der Waals surface area (Å²) < 4.78 is 61.1. The summed E-state index contributed by atoms with van der Waals surface area (Å²) in [7, 11) is -4.08. The Labute approximate surface area is 153 Å². The molecule has 1 amide bonds. The van der Waals surface area contributed by atoms with Gasteiger partial charge in [-0.2, -0.15) is 13.2 Å². The molecule has 1 aromatic carbocycles. The molecule has 0 unspecified atom stereocenters. The molecule has 1 aromatic heterocycles. The number of carbonyl (C=O) groups excluding carboxylic acids is 1. The van der Waals surface area contributed by atoms with E-state index in [2.05, 4.69) is 10.3 Å². The second kappa shape index (κ2) is 6.88. The molecule has 0 aliphatic heterocycles. The fourth-order valence-electron chi connectivity index (χ4n) is 1.93. The third kappa shape index (κ3) is 3.99. The molecule has 10 heteroatoms. The second-order valence-electron chi connectivity index (χ2n) is 5.85. The van der Waals surface area contributed by atoms with E-state index in [9.17, 15) is 26.4 Å². The number of anilines is 1. The van der Waals surface area contributed by atoms with E-state index in [1.54, 1.807) is 0 Å². The van der Waals surface area contributed by atoms with Crippen LogP contribution in [0.15, 0.2) is 47.5 Å². The first-order valence-electron chi connectivity index (χ1n) is 7.20. The van der Waals surface area contributed by atoms with Crippen molar-refractivity contribution < 1.29 is 26.4 Å². The van der Waals surface area contributed by atoms with Gasteiger partial charge >= 0.3 is 6.18 Å². The second-order valence-corrected chi connectivity index (χ2v) is 8.79. The summed E-state index contributed by atoms with van der Waals surface area (Å²) in [5.74, 6) is -1.12. The molecule has 5 nitrogen and oxygen atoms in total. The first kappa shape index (κ1) is 20.2.